The van der Waals surface area contributed by atoms with Gasteiger partial charge in [0.05, 0.1) is 12.8 Å². The Kier molecular flexibility index (Phi) is 4.90. The molecule has 0 bridgehead atoms. The second-order valence-corrected chi connectivity index (χ2v) is 6.71. The van der Waals surface area contributed by atoms with Crippen molar-refractivity contribution in [3.05, 3.63) is 60.1 Å². The van der Waals surface area contributed by atoms with Crippen LogP contribution in [0.15, 0.2) is 53.1 Å². The molecule has 24 heavy (non-hydrogen) atoms. The summed E-state index contributed by atoms with van der Waals surface area (Å²) in [5, 5.41) is 16.2. The monoisotopic (exact) mass is 328 g/mol. The van der Waals surface area contributed by atoms with E-state index in [1.807, 2.05) is 18.2 Å². The van der Waals surface area contributed by atoms with Gasteiger partial charge in [-0.2, -0.15) is 0 Å². The molecule has 1 heterocycles. The van der Waals surface area contributed by atoms with Crippen LogP contribution in [-0.2, 0) is 12.0 Å². The molecule has 1 fully saturated rings. The summed E-state index contributed by atoms with van der Waals surface area (Å²) in [6.07, 6.45) is 4.64. The molecule has 2 amide bonds. The third-order valence-corrected chi connectivity index (χ3v) is 4.45. The molecule has 0 saturated heterocycles. The lowest BCUT2D eigenvalue weighted by Crippen LogP contribution is -2.48. The summed E-state index contributed by atoms with van der Waals surface area (Å²) in [7, 11) is 0. The van der Waals surface area contributed by atoms with Gasteiger partial charge >= 0.3 is 6.03 Å². The summed E-state index contributed by atoms with van der Waals surface area (Å²) in [5.41, 5.74) is -0.00713. The van der Waals surface area contributed by atoms with Crippen LogP contribution in [0, 0.1) is 5.92 Å². The molecule has 2 aromatic rings. The fraction of sp³-hybridized carbons (Fsp3) is 0.421. The van der Waals surface area contributed by atoms with Gasteiger partial charge < -0.3 is 20.2 Å². The number of hydrogen-bond acceptors (Lipinski definition) is 3. The number of rotatable bonds is 7. The van der Waals surface area contributed by atoms with Gasteiger partial charge in [-0.3, -0.25) is 0 Å². The highest BCUT2D eigenvalue weighted by Crippen LogP contribution is 2.34. The summed E-state index contributed by atoms with van der Waals surface area (Å²) in [5.74, 6) is 0.979. The molecule has 1 aliphatic carbocycles. The first-order chi connectivity index (χ1) is 11.5. The Bertz CT molecular complexity index is 649. The van der Waals surface area contributed by atoms with Crippen molar-refractivity contribution in [2.24, 2.45) is 5.92 Å². The second-order valence-electron chi connectivity index (χ2n) is 6.71. The molecule has 0 spiro atoms. The minimum absolute atomic E-state index is 0.0923. The minimum Gasteiger partial charge on any atom is -0.466 e. The van der Waals surface area contributed by atoms with E-state index >= 15 is 0 Å². The van der Waals surface area contributed by atoms with Crippen LogP contribution in [0.3, 0.4) is 0 Å². The van der Waals surface area contributed by atoms with Crippen molar-refractivity contribution in [3.63, 3.8) is 0 Å². The van der Waals surface area contributed by atoms with Crippen LogP contribution in [0.4, 0.5) is 4.79 Å². The zero-order valence-corrected chi connectivity index (χ0v) is 13.9. The number of aliphatic hydroxyl groups is 1. The molecule has 0 radical (unpaired) electrons. The van der Waals surface area contributed by atoms with Gasteiger partial charge in [-0.05, 0) is 49.8 Å². The fourth-order valence-electron chi connectivity index (χ4n) is 2.85. The van der Waals surface area contributed by atoms with Gasteiger partial charge in [0.1, 0.15) is 11.4 Å². The SMILES string of the molecule is CC(O)(CNC(=O)NC(Cc1ccccc1)C1CC1)c1ccco1. The van der Waals surface area contributed by atoms with Crippen LogP contribution in [-0.4, -0.2) is 23.7 Å². The minimum atomic E-state index is -1.23. The van der Waals surface area contributed by atoms with E-state index in [2.05, 4.69) is 22.8 Å². The lowest BCUT2D eigenvalue weighted by molar-refractivity contribution is 0.0366. The van der Waals surface area contributed by atoms with Gasteiger partial charge in [0.15, 0.2) is 0 Å². The first kappa shape index (κ1) is 16.6. The Morgan fingerprint density at radius 1 is 1.29 bits per heavy atom. The summed E-state index contributed by atoms with van der Waals surface area (Å²) in [6, 6.07) is 13.5. The predicted molar refractivity (Wildman–Crippen MR) is 91.5 cm³/mol. The molecule has 0 aliphatic heterocycles. The Hall–Kier alpha value is -2.27. The molecule has 3 rings (SSSR count). The van der Waals surface area contributed by atoms with Gasteiger partial charge in [0.25, 0.3) is 0 Å². The van der Waals surface area contributed by atoms with Crippen molar-refractivity contribution in [1.29, 1.82) is 0 Å². The fourth-order valence-corrected chi connectivity index (χ4v) is 2.85. The van der Waals surface area contributed by atoms with Crippen LogP contribution in [0.25, 0.3) is 0 Å². The van der Waals surface area contributed by atoms with Crippen molar-refractivity contribution in [1.82, 2.24) is 10.6 Å². The first-order valence-electron chi connectivity index (χ1n) is 8.39. The van der Waals surface area contributed by atoms with E-state index < -0.39 is 5.60 Å². The zero-order valence-electron chi connectivity index (χ0n) is 13.9. The van der Waals surface area contributed by atoms with E-state index in [4.69, 9.17) is 4.42 Å². The Labute approximate surface area is 142 Å². The Morgan fingerprint density at radius 3 is 2.67 bits per heavy atom. The highest BCUT2D eigenvalue weighted by Gasteiger charge is 2.33. The predicted octanol–water partition coefficient (Wildman–Crippen LogP) is 2.81. The lowest BCUT2D eigenvalue weighted by Gasteiger charge is -2.23. The third-order valence-electron chi connectivity index (χ3n) is 4.45. The highest BCUT2D eigenvalue weighted by molar-refractivity contribution is 5.74. The van der Waals surface area contributed by atoms with E-state index in [0.717, 1.165) is 19.3 Å². The van der Waals surface area contributed by atoms with Crippen LogP contribution < -0.4 is 10.6 Å². The van der Waals surface area contributed by atoms with Gasteiger partial charge in [0.2, 0.25) is 0 Å². The average molecular weight is 328 g/mol. The first-order valence-corrected chi connectivity index (χ1v) is 8.39. The summed E-state index contributed by atoms with van der Waals surface area (Å²) in [4.78, 5) is 12.2. The number of nitrogens with one attached hydrogen (secondary N) is 2. The molecule has 3 N–H and O–H groups in total. The molecule has 2 atom stereocenters. The highest BCUT2D eigenvalue weighted by atomic mass is 16.4. The smallest absolute Gasteiger partial charge is 0.315 e. The molecule has 128 valence electrons. The van der Waals surface area contributed by atoms with Gasteiger partial charge in [-0.15, -0.1) is 0 Å². The molecule has 1 aromatic heterocycles. The van der Waals surface area contributed by atoms with Crippen molar-refractivity contribution in [2.75, 3.05) is 6.54 Å². The summed E-state index contributed by atoms with van der Waals surface area (Å²) in [6.45, 7) is 1.71. The molecule has 5 heteroatoms. The maximum atomic E-state index is 12.2. The van der Waals surface area contributed by atoms with Gasteiger partial charge in [-0.1, -0.05) is 30.3 Å². The number of hydrogen-bond donors (Lipinski definition) is 3. The Balaban J connectivity index is 1.52. The maximum absolute atomic E-state index is 12.2. The molecule has 1 aromatic carbocycles. The summed E-state index contributed by atoms with van der Waals surface area (Å²) < 4.78 is 5.22. The molecule has 2 unspecified atom stereocenters. The normalized spacial score (nSPS) is 17.8. The number of urea groups is 1. The lowest BCUT2D eigenvalue weighted by atomic mass is 10.0. The van der Waals surface area contributed by atoms with E-state index in [9.17, 15) is 9.90 Å². The number of carbonyl (C=O) groups excluding carboxylic acids is 1. The van der Waals surface area contributed by atoms with Crippen LogP contribution in [0.1, 0.15) is 31.1 Å². The van der Waals surface area contributed by atoms with Crippen molar-refractivity contribution in [2.45, 2.75) is 37.8 Å². The number of furan rings is 1. The quantitative estimate of drug-likeness (QED) is 0.731. The van der Waals surface area contributed by atoms with E-state index in [0.29, 0.717) is 11.7 Å². The topological polar surface area (TPSA) is 74.5 Å². The standard InChI is InChI=1S/C19H24N2O3/c1-19(23,17-8-5-11-24-17)13-20-18(22)21-16(15-9-10-15)12-14-6-3-2-4-7-14/h2-8,11,15-16,23H,9-10,12-13H2,1H3,(H2,20,21,22). The maximum Gasteiger partial charge on any atom is 0.315 e. The molecule has 1 saturated carbocycles. The van der Waals surface area contributed by atoms with Gasteiger partial charge in [-0.25, -0.2) is 4.79 Å². The second kappa shape index (κ2) is 7.09. The zero-order chi connectivity index (χ0) is 17.0. The van der Waals surface area contributed by atoms with Crippen LogP contribution >= 0.6 is 0 Å². The van der Waals surface area contributed by atoms with E-state index in [1.165, 1.54) is 11.8 Å². The largest absolute Gasteiger partial charge is 0.466 e. The van der Waals surface area contributed by atoms with Crippen LogP contribution in [0.2, 0.25) is 0 Å². The molecular weight excluding hydrogens is 304 g/mol. The molecule has 5 nitrogen and oxygen atoms in total. The van der Waals surface area contributed by atoms with Crippen LogP contribution in [0.5, 0.6) is 0 Å². The molecule has 1 aliphatic rings. The Morgan fingerprint density at radius 2 is 2.04 bits per heavy atom. The number of benzene rings is 1. The average Bonchev–Trinajstić information content (AvgIpc) is 3.26. The van der Waals surface area contributed by atoms with E-state index in [1.54, 1.807) is 19.1 Å². The van der Waals surface area contributed by atoms with Crippen molar-refractivity contribution in [3.8, 4) is 0 Å². The van der Waals surface area contributed by atoms with Gasteiger partial charge in [0, 0.05) is 6.04 Å². The summed E-state index contributed by atoms with van der Waals surface area (Å²) >= 11 is 0. The molecular formula is C19H24N2O3. The van der Waals surface area contributed by atoms with E-state index in [-0.39, 0.29) is 18.6 Å². The third kappa shape index (κ3) is 4.38. The number of amides is 2. The van der Waals surface area contributed by atoms with Crippen molar-refractivity contribution < 1.29 is 14.3 Å². The number of carbonyl (C=O) groups is 1. The van der Waals surface area contributed by atoms with Crippen molar-refractivity contribution >= 4 is 6.03 Å².